The van der Waals surface area contributed by atoms with E-state index in [1.807, 2.05) is 9.58 Å². The maximum atomic E-state index is 13.0. The van der Waals surface area contributed by atoms with Crippen LogP contribution in [0.1, 0.15) is 61.5 Å². The zero-order valence-electron chi connectivity index (χ0n) is 14.9. The lowest BCUT2D eigenvalue weighted by molar-refractivity contribution is -0.0669. The van der Waals surface area contributed by atoms with E-state index in [0.29, 0.717) is 11.1 Å². The van der Waals surface area contributed by atoms with Crippen molar-refractivity contribution in [3.8, 4) is 0 Å². The summed E-state index contributed by atoms with van der Waals surface area (Å²) in [7, 11) is 0. The molecule has 2 atom stereocenters. The zero-order valence-corrected chi connectivity index (χ0v) is 14.9. The average molecular weight is 333 g/mol. The average Bonchev–Trinajstić information content (AvgIpc) is 2.91. The summed E-state index contributed by atoms with van der Waals surface area (Å²) in [4.78, 5) is 15.0. The van der Waals surface area contributed by atoms with Crippen molar-refractivity contribution >= 4 is 5.91 Å². The first kappa shape index (κ1) is 16.1. The molecule has 0 N–H and O–H groups in total. The molecule has 1 amide bonds. The van der Waals surface area contributed by atoms with Crippen molar-refractivity contribution in [2.24, 2.45) is 5.41 Å². The van der Waals surface area contributed by atoms with Gasteiger partial charge in [0, 0.05) is 50.2 Å². The lowest BCUT2D eigenvalue weighted by atomic mass is 9.73. The SMILES string of the molecule is CCn1nc(C(=O)N2CC3(CCOCC3)C2)c2c1[C@H](C)O[C@H](C)C2. The van der Waals surface area contributed by atoms with Crippen LogP contribution in [0.2, 0.25) is 0 Å². The van der Waals surface area contributed by atoms with E-state index in [4.69, 9.17) is 9.47 Å². The Hall–Kier alpha value is -1.40. The van der Waals surface area contributed by atoms with Crippen LogP contribution in [-0.4, -0.2) is 53.0 Å². The summed E-state index contributed by atoms with van der Waals surface area (Å²) in [5, 5.41) is 4.65. The Morgan fingerprint density at radius 1 is 1.29 bits per heavy atom. The van der Waals surface area contributed by atoms with Gasteiger partial charge < -0.3 is 14.4 Å². The summed E-state index contributed by atoms with van der Waals surface area (Å²) in [6, 6.07) is 0. The molecule has 2 saturated heterocycles. The Bertz CT molecular complexity index is 640. The monoisotopic (exact) mass is 333 g/mol. The first-order valence-corrected chi connectivity index (χ1v) is 9.15. The highest BCUT2D eigenvalue weighted by molar-refractivity contribution is 5.94. The molecule has 4 heterocycles. The summed E-state index contributed by atoms with van der Waals surface area (Å²) >= 11 is 0. The minimum atomic E-state index is -0.00373. The molecule has 1 spiro atoms. The molecule has 24 heavy (non-hydrogen) atoms. The highest BCUT2D eigenvalue weighted by Crippen LogP contribution is 2.41. The van der Waals surface area contributed by atoms with E-state index in [1.54, 1.807) is 0 Å². The van der Waals surface area contributed by atoms with Crippen LogP contribution < -0.4 is 0 Å². The predicted molar refractivity (Wildman–Crippen MR) is 89.0 cm³/mol. The highest BCUT2D eigenvalue weighted by atomic mass is 16.5. The van der Waals surface area contributed by atoms with Crippen molar-refractivity contribution in [1.82, 2.24) is 14.7 Å². The standard InChI is InChI=1S/C18H27N3O3/c1-4-21-16-13(3)24-12(2)9-14(16)15(19-21)17(22)20-10-18(11-20)5-7-23-8-6-18/h12-13H,4-11H2,1-3H3/t12-,13+/m1/s1. The summed E-state index contributed by atoms with van der Waals surface area (Å²) in [5.74, 6) is 0.0943. The molecule has 3 aliphatic rings. The smallest absolute Gasteiger partial charge is 0.274 e. The van der Waals surface area contributed by atoms with Crippen LogP contribution in [0.25, 0.3) is 0 Å². The zero-order chi connectivity index (χ0) is 16.9. The third-order valence-electron chi connectivity index (χ3n) is 5.80. The van der Waals surface area contributed by atoms with Crippen molar-refractivity contribution in [2.45, 2.75) is 58.8 Å². The molecule has 4 rings (SSSR count). The molecule has 6 heteroatoms. The molecular weight excluding hydrogens is 306 g/mol. The van der Waals surface area contributed by atoms with Gasteiger partial charge in [-0.05, 0) is 33.6 Å². The molecule has 0 aliphatic carbocycles. The molecule has 1 aromatic rings. The Kier molecular flexibility index (Phi) is 3.92. The molecule has 0 radical (unpaired) electrons. The summed E-state index contributed by atoms with van der Waals surface area (Å²) in [6.07, 6.45) is 3.04. The number of likely N-dealkylation sites (tertiary alicyclic amines) is 1. The maximum absolute atomic E-state index is 13.0. The number of rotatable bonds is 2. The van der Waals surface area contributed by atoms with E-state index < -0.39 is 0 Å². The van der Waals surface area contributed by atoms with Gasteiger partial charge in [-0.25, -0.2) is 0 Å². The van der Waals surface area contributed by atoms with Crippen LogP contribution in [0.4, 0.5) is 0 Å². The second-order valence-electron chi connectivity index (χ2n) is 7.59. The Morgan fingerprint density at radius 2 is 2.00 bits per heavy atom. The maximum Gasteiger partial charge on any atom is 0.274 e. The fraction of sp³-hybridized carbons (Fsp3) is 0.778. The van der Waals surface area contributed by atoms with Gasteiger partial charge >= 0.3 is 0 Å². The van der Waals surface area contributed by atoms with Crippen LogP contribution in [0.3, 0.4) is 0 Å². The fourth-order valence-electron chi connectivity index (χ4n) is 4.51. The van der Waals surface area contributed by atoms with Gasteiger partial charge in [-0.1, -0.05) is 0 Å². The molecule has 132 valence electrons. The molecule has 0 unspecified atom stereocenters. The molecule has 0 saturated carbocycles. The van der Waals surface area contributed by atoms with E-state index in [1.165, 1.54) is 0 Å². The van der Waals surface area contributed by atoms with Crippen LogP contribution in [0.15, 0.2) is 0 Å². The van der Waals surface area contributed by atoms with Crippen LogP contribution in [0, 0.1) is 5.41 Å². The number of aromatic nitrogens is 2. The van der Waals surface area contributed by atoms with Crippen LogP contribution in [-0.2, 0) is 22.4 Å². The van der Waals surface area contributed by atoms with Crippen LogP contribution in [0.5, 0.6) is 0 Å². The van der Waals surface area contributed by atoms with E-state index in [0.717, 1.165) is 63.4 Å². The van der Waals surface area contributed by atoms with E-state index in [2.05, 4.69) is 25.9 Å². The van der Waals surface area contributed by atoms with Gasteiger partial charge in [0.15, 0.2) is 5.69 Å². The largest absolute Gasteiger partial charge is 0.381 e. The number of carbonyl (C=O) groups is 1. The normalized spacial score (nSPS) is 28.5. The molecule has 6 nitrogen and oxygen atoms in total. The van der Waals surface area contributed by atoms with Gasteiger partial charge in [0.1, 0.15) is 0 Å². The van der Waals surface area contributed by atoms with Gasteiger partial charge in [-0.2, -0.15) is 5.10 Å². The molecule has 0 bridgehead atoms. The Morgan fingerprint density at radius 3 is 2.67 bits per heavy atom. The van der Waals surface area contributed by atoms with E-state index in [-0.39, 0.29) is 18.1 Å². The predicted octanol–water partition coefficient (Wildman–Crippen LogP) is 2.18. The minimum Gasteiger partial charge on any atom is -0.381 e. The van der Waals surface area contributed by atoms with E-state index >= 15 is 0 Å². The number of aryl methyl sites for hydroxylation is 1. The number of hydrogen-bond donors (Lipinski definition) is 0. The third-order valence-corrected chi connectivity index (χ3v) is 5.80. The van der Waals surface area contributed by atoms with Crippen molar-refractivity contribution in [2.75, 3.05) is 26.3 Å². The topological polar surface area (TPSA) is 56.6 Å². The quantitative estimate of drug-likeness (QED) is 0.832. The molecule has 0 aromatic carbocycles. The molecule has 1 aromatic heterocycles. The lowest BCUT2D eigenvalue weighted by Crippen LogP contribution is -2.60. The third kappa shape index (κ3) is 2.47. The molecular formula is C18H27N3O3. The van der Waals surface area contributed by atoms with E-state index in [9.17, 15) is 4.79 Å². The van der Waals surface area contributed by atoms with Gasteiger partial charge in [-0.3, -0.25) is 9.48 Å². The van der Waals surface area contributed by atoms with Gasteiger partial charge in [0.05, 0.1) is 17.9 Å². The number of amides is 1. The second-order valence-corrected chi connectivity index (χ2v) is 7.59. The number of nitrogens with zero attached hydrogens (tertiary/aromatic N) is 3. The van der Waals surface area contributed by atoms with Gasteiger partial charge in [0.25, 0.3) is 5.91 Å². The molecule has 2 fully saturated rings. The van der Waals surface area contributed by atoms with Crippen molar-refractivity contribution in [1.29, 1.82) is 0 Å². The first-order valence-electron chi connectivity index (χ1n) is 9.15. The Balaban J connectivity index is 1.57. The van der Waals surface area contributed by atoms with Gasteiger partial charge in [-0.15, -0.1) is 0 Å². The van der Waals surface area contributed by atoms with Crippen LogP contribution >= 0.6 is 0 Å². The Labute approximate surface area is 143 Å². The number of ether oxygens (including phenoxy) is 2. The summed E-state index contributed by atoms with van der Waals surface area (Å²) in [5.41, 5.74) is 3.13. The highest BCUT2D eigenvalue weighted by Gasteiger charge is 2.47. The van der Waals surface area contributed by atoms with Crippen molar-refractivity contribution in [3.05, 3.63) is 17.0 Å². The summed E-state index contributed by atoms with van der Waals surface area (Å²) < 4.78 is 13.4. The van der Waals surface area contributed by atoms with Crippen molar-refractivity contribution < 1.29 is 14.3 Å². The fourth-order valence-corrected chi connectivity index (χ4v) is 4.51. The van der Waals surface area contributed by atoms with Crippen molar-refractivity contribution in [3.63, 3.8) is 0 Å². The van der Waals surface area contributed by atoms with Gasteiger partial charge in [0.2, 0.25) is 0 Å². The second kappa shape index (κ2) is 5.85. The number of fused-ring (bicyclic) bond motifs is 1. The first-order chi connectivity index (χ1) is 11.5. The minimum absolute atomic E-state index is 0.00373. The lowest BCUT2D eigenvalue weighted by Gasteiger charge is -2.52. The number of carbonyl (C=O) groups excluding carboxylic acids is 1. The number of hydrogen-bond acceptors (Lipinski definition) is 4. The summed E-state index contributed by atoms with van der Waals surface area (Å²) in [6.45, 7) is 10.3. The molecule has 3 aliphatic heterocycles.